The van der Waals surface area contributed by atoms with E-state index in [0.29, 0.717) is 64.2 Å². The van der Waals surface area contributed by atoms with Crippen molar-refractivity contribution in [1.82, 2.24) is 25.1 Å². The van der Waals surface area contributed by atoms with Gasteiger partial charge in [-0.3, -0.25) is 9.48 Å². The number of anilines is 2. The van der Waals surface area contributed by atoms with Crippen molar-refractivity contribution >= 4 is 51.5 Å². The van der Waals surface area contributed by atoms with Gasteiger partial charge in [0.1, 0.15) is 23.1 Å². The van der Waals surface area contributed by atoms with Crippen LogP contribution in [0.5, 0.6) is 11.5 Å². The molecule has 1 fully saturated rings. The number of aromatic nitrogens is 4. The molecule has 2 atom stereocenters. The van der Waals surface area contributed by atoms with Gasteiger partial charge in [-0.2, -0.15) is 5.10 Å². The van der Waals surface area contributed by atoms with Crippen LogP contribution in [0.1, 0.15) is 5.56 Å². The quantitative estimate of drug-likeness (QED) is 0.227. The number of aryl methyl sites for hydroxylation is 1. The second-order valence-electron chi connectivity index (χ2n) is 9.41. The number of rotatable bonds is 10. The Bertz CT molecular complexity index is 1580. The van der Waals surface area contributed by atoms with Crippen LogP contribution in [0.25, 0.3) is 22.0 Å². The summed E-state index contributed by atoms with van der Waals surface area (Å²) in [4.78, 5) is 21.4. The smallest absolute Gasteiger partial charge is 0.243 e. The van der Waals surface area contributed by atoms with Crippen LogP contribution < -0.4 is 25.4 Å². The highest BCUT2D eigenvalue weighted by atomic mass is 35.5. The molecule has 1 saturated heterocycles. The largest absolute Gasteiger partial charge is 0.495 e. The molecule has 3 N–H and O–H groups in total. The van der Waals surface area contributed by atoms with Gasteiger partial charge in [-0.25, -0.2) is 9.97 Å². The molecule has 1 aliphatic rings. The predicted molar refractivity (Wildman–Crippen MR) is 159 cm³/mol. The highest BCUT2D eigenvalue weighted by molar-refractivity contribution is 6.41. The number of halogens is 2. The summed E-state index contributed by atoms with van der Waals surface area (Å²) < 4.78 is 18.3. The zero-order valence-corrected chi connectivity index (χ0v) is 24.2. The van der Waals surface area contributed by atoms with Crippen LogP contribution in [-0.2, 0) is 23.1 Å². The molecule has 0 unspecified atom stereocenters. The van der Waals surface area contributed by atoms with Gasteiger partial charge in [0.2, 0.25) is 5.91 Å². The maximum absolute atomic E-state index is 11.9. The highest BCUT2D eigenvalue weighted by Gasteiger charge is 2.29. The summed E-state index contributed by atoms with van der Waals surface area (Å²) in [5.41, 5.74) is 1.96. The Morgan fingerprint density at radius 2 is 1.88 bits per heavy atom. The zero-order chi connectivity index (χ0) is 29.1. The van der Waals surface area contributed by atoms with Crippen molar-refractivity contribution in [2.24, 2.45) is 7.05 Å². The van der Waals surface area contributed by atoms with E-state index in [-0.39, 0.29) is 18.0 Å². The van der Waals surface area contributed by atoms with Crippen LogP contribution in [-0.4, -0.2) is 65.2 Å². The molecule has 4 heterocycles. The summed E-state index contributed by atoms with van der Waals surface area (Å²) in [6.07, 6.45) is 6.69. The molecule has 1 aromatic carbocycles. The Morgan fingerprint density at radius 1 is 1.15 bits per heavy atom. The van der Waals surface area contributed by atoms with E-state index in [4.69, 9.17) is 42.4 Å². The molecule has 0 bridgehead atoms. The average Bonchev–Trinajstić information content (AvgIpc) is 3.59. The minimum atomic E-state index is -0.260. The molecule has 214 valence electrons. The number of carbonyl (C=O) groups excluding carboxylic acids is 1. The second kappa shape index (κ2) is 12.2. The minimum Gasteiger partial charge on any atom is -0.495 e. The molecular weight excluding hydrogens is 569 g/mol. The van der Waals surface area contributed by atoms with Crippen molar-refractivity contribution < 1.29 is 19.0 Å². The lowest BCUT2D eigenvalue weighted by molar-refractivity contribution is -0.117. The molecule has 1 aliphatic heterocycles. The highest BCUT2D eigenvalue weighted by Crippen LogP contribution is 2.46. The number of hydrogen-bond donors (Lipinski definition) is 3. The lowest BCUT2D eigenvalue weighted by atomic mass is 10.1. The van der Waals surface area contributed by atoms with E-state index in [9.17, 15) is 4.79 Å². The Hall–Kier alpha value is -4.06. The molecule has 5 rings (SSSR count). The first kappa shape index (κ1) is 28.5. The van der Waals surface area contributed by atoms with Gasteiger partial charge in [0.25, 0.3) is 0 Å². The fourth-order valence-electron chi connectivity index (χ4n) is 4.62. The fourth-order valence-corrected chi connectivity index (χ4v) is 5.31. The summed E-state index contributed by atoms with van der Waals surface area (Å²) in [6, 6.07) is 4.99. The number of methoxy groups -OCH3 is 2. The van der Waals surface area contributed by atoms with Crippen LogP contribution in [0, 0.1) is 0 Å². The molecule has 3 aromatic heterocycles. The number of pyridine rings is 2. The van der Waals surface area contributed by atoms with Gasteiger partial charge in [0.15, 0.2) is 0 Å². The van der Waals surface area contributed by atoms with E-state index >= 15 is 0 Å². The van der Waals surface area contributed by atoms with Crippen LogP contribution in [0.15, 0.2) is 49.4 Å². The van der Waals surface area contributed by atoms with Crippen LogP contribution in [0.4, 0.5) is 11.6 Å². The van der Waals surface area contributed by atoms with E-state index in [2.05, 4.69) is 32.6 Å². The third-order valence-electron chi connectivity index (χ3n) is 6.69. The summed E-state index contributed by atoms with van der Waals surface area (Å²) >= 11 is 13.5. The van der Waals surface area contributed by atoms with Crippen LogP contribution in [0.3, 0.4) is 0 Å². The number of fused-ring (bicyclic) bond motifs is 1. The molecule has 0 aliphatic carbocycles. The third-order valence-corrected chi connectivity index (χ3v) is 7.44. The van der Waals surface area contributed by atoms with Crippen molar-refractivity contribution in [2.45, 2.75) is 18.6 Å². The van der Waals surface area contributed by atoms with E-state index in [1.54, 1.807) is 23.1 Å². The molecule has 11 nitrogen and oxygen atoms in total. The van der Waals surface area contributed by atoms with Crippen molar-refractivity contribution in [2.75, 3.05) is 38.1 Å². The molecule has 0 saturated carbocycles. The van der Waals surface area contributed by atoms with Gasteiger partial charge >= 0.3 is 0 Å². The average molecular weight is 598 g/mol. The molecule has 41 heavy (non-hydrogen) atoms. The maximum atomic E-state index is 11.9. The Kier molecular flexibility index (Phi) is 8.48. The van der Waals surface area contributed by atoms with Gasteiger partial charge in [-0.05, 0) is 18.2 Å². The molecular formula is C28H29Cl2N7O4. The van der Waals surface area contributed by atoms with Crippen LogP contribution in [0.2, 0.25) is 10.0 Å². The zero-order valence-electron chi connectivity index (χ0n) is 22.7. The number of nitrogens with one attached hydrogen (secondary N) is 3. The summed E-state index contributed by atoms with van der Waals surface area (Å²) in [5, 5.41) is 16.2. The van der Waals surface area contributed by atoms with Crippen LogP contribution >= 0.6 is 23.2 Å². The predicted octanol–water partition coefficient (Wildman–Crippen LogP) is 4.45. The standard InChI is InChI=1S/C28H29Cl2N7O4/c1-5-24(38)35-20-14-41-13-19(20)34-23-7-17-16(11-31-23)6-18(36-28(17)32-9-15-10-33-37(2)12-15)25-26(29)21(39-3)8-22(40-4)27(25)30/h5-8,10-12,19-20H,1,9,13-14H2,2-4H3,(H,31,34)(H,32,36)(H,35,38)/t19-,20+/m1/s1. The van der Waals surface area contributed by atoms with E-state index in [0.717, 1.165) is 16.3 Å². The molecule has 1 amide bonds. The van der Waals surface area contributed by atoms with E-state index in [1.165, 1.54) is 20.3 Å². The summed E-state index contributed by atoms with van der Waals surface area (Å²) in [6.45, 7) is 4.80. The first-order valence-electron chi connectivity index (χ1n) is 12.7. The first-order chi connectivity index (χ1) is 19.8. The van der Waals surface area contributed by atoms with Crippen molar-refractivity contribution in [3.63, 3.8) is 0 Å². The first-order valence-corrected chi connectivity index (χ1v) is 13.5. The van der Waals surface area contributed by atoms with Crippen molar-refractivity contribution in [3.05, 3.63) is 65.1 Å². The number of benzene rings is 1. The number of amides is 1. The molecule has 13 heteroatoms. The van der Waals surface area contributed by atoms with Gasteiger partial charge in [-0.1, -0.05) is 29.8 Å². The van der Waals surface area contributed by atoms with Crippen molar-refractivity contribution in [1.29, 1.82) is 0 Å². The van der Waals surface area contributed by atoms with Gasteiger partial charge in [0, 0.05) is 54.0 Å². The number of carbonyl (C=O) groups is 1. The van der Waals surface area contributed by atoms with Crippen molar-refractivity contribution in [3.8, 4) is 22.8 Å². The number of ether oxygens (including phenoxy) is 3. The van der Waals surface area contributed by atoms with Gasteiger partial charge in [-0.15, -0.1) is 0 Å². The summed E-state index contributed by atoms with van der Waals surface area (Å²) in [5.74, 6) is 1.74. The maximum Gasteiger partial charge on any atom is 0.243 e. The monoisotopic (exact) mass is 597 g/mol. The third kappa shape index (κ3) is 6.02. The topological polar surface area (TPSA) is 124 Å². The Labute approximate surface area is 246 Å². The second-order valence-corrected chi connectivity index (χ2v) is 10.2. The summed E-state index contributed by atoms with van der Waals surface area (Å²) in [7, 11) is 4.90. The number of nitrogens with zero attached hydrogens (tertiary/aromatic N) is 4. The lowest BCUT2D eigenvalue weighted by Gasteiger charge is -2.21. The van der Waals surface area contributed by atoms with E-state index < -0.39 is 0 Å². The molecule has 4 aromatic rings. The Balaban J connectivity index is 1.56. The number of hydrogen-bond acceptors (Lipinski definition) is 9. The van der Waals surface area contributed by atoms with Gasteiger partial charge < -0.3 is 30.2 Å². The lowest BCUT2D eigenvalue weighted by Crippen LogP contribution is -2.45. The van der Waals surface area contributed by atoms with Gasteiger partial charge in [0.05, 0.1) is 61.5 Å². The minimum absolute atomic E-state index is 0.176. The molecule has 0 spiro atoms. The molecule has 0 radical (unpaired) electrons. The Morgan fingerprint density at radius 3 is 2.54 bits per heavy atom. The SMILES string of the molecule is C=CC(=O)N[C@H]1COC[C@H]1Nc1cc2c(NCc3cnn(C)c3)nc(-c3c(Cl)c(OC)cc(OC)c3Cl)cc2cn1. The normalized spacial score (nSPS) is 16.4. The van der Waals surface area contributed by atoms with E-state index in [1.807, 2.05) is 25.4 Å². The fraction of sp³-hybridized carbons (Fsp3) is 0.286.